The van der Waals surface area contributed by atoms with E-state index in [2.05, 4.69) is 5.10 Å². The molecule has 2 rings (SSSR count). The zero-order valence-electron chi connectivity index (χ0n) is 18.1. The number of anilines is 1. The van der Waals surface area contributed by atoms with Crippen LogP contribution in [0.15, 0.2) is 24.3 Å². The van der Waals surface area contributed by atoms with Crippen molar-refractivity contribution in [2.45, 2.75) is 46.8 Å². The highest BCUT2D eigenvalue weighted by molar-refractivity contribution is 7.87. The second kappa shape index (κ2) is 10.6. The Morgan fingerprint density at radius 2 is 1.87 bits per heavy atom. The fraction of sp³-hybridized carbons (Fsp3) is 0.500. The van der Waals surface area contributed by atoms with Gasteiger partial charge in [0.15, 0.2) is 0 Å². The summed E-state index contributed by atoms with van der Waals surface area (Å²) < 4.78 is 36.2. The molecule has 1 heterocycles. The van der Waals surface area contributed by atoms with E-state index in [1.807, 2.05) is 27.7 Å². The lowest BCUT2D eigenvalue weighted by Gasteiger charge is -2.18. The van der Waals surface area contributed by atoms with E-state index >= 15 is 0 Å². The van der Waals surface area contributed by atoms with Gasteiger partial charge in [-0.1, -0.05) is 43.1 Å². The van der Waals surface area contributed by atoms with Crippen LogP contribution in [-0.2, 0) is 20.8 Å². The van der Waals surface area contributed by atoms with E-state index in [1.165, 1.54) is 17.8 Å². The molecule has 2 aromatic rings. The first-order chi connectivity index (χ1) is 14.4. The standard InChI is InChI=1S/C20H27Cl2N3O5S/c1-13(2)8-9-31(27,28)30-20(26)24(5)19-11-18(29-14(3)4)23-25(19)12-15-6-7-16(21)10-17(15)22/h6-7,10-11,13-14H,8-9,12H2,1-5H3. The smallest absolute Gasteiger partial charge is 0.430 e. The predicted molar refractivity (Wildman–Crippen MR) is 122 cm³/mol. The van der Waals surface area contributed by atoms with Crippen LogP contribution >= 0.6 is 23.2 Å². The van der Waals surface area contributed by atoms with Gasteiger partial charge < -0.3 is 8.92 Å². The maximum absolute atomic E-state index is 12.6. The van der Waals surface area contributed by atoms with Gasteiger partial charge in [-0.05, 0) is 43.9 Å². The summed E-state index contributed by atoms with van der Waals surface area (Å²) in [6, 6.07) is 6.57. The minimum Gasteiger partial charge on any atom is -0.474 e. The van der Waals surface area contributed by atoms with Gasteiger partial charge >= 0.3 is 16.2 Å². The second-order valence-electron chi connectivity index (χ2n) is 7.75. The van der Waals surface area contributed by atoms with Crippen molar-refractivity contribution in [2.24, 2.45) is 5.92 Å². The Balaban J connectivity index is 2.30. The fourth-order valence-corrected chi connectivity index (χ4v) is 4.20. The highest BCUT2D eigenvalue weighted by Crippen LogP contribution is 2.27. The number of hydrogen-bond acceptors (Lipinski definition) is 6. The van der Waals surface area contributed by atoms with Crippen LogP contribution in [0, 0.1) is 5.92 Å². The Labute approximate surface area is 193 Å². The first-order valence-electron chi connectivity index (χ1n) is 9.76. The lowest BCUT2D eigenvalue weighted by molar-refractivity contribution is 0.210. The lowest BCUT2D eigenvalue weighted by Crippen LogP contribution is -2.32. The van der Waals surface area contributed by atoms with Gasteiger partial charge in [0.1, 0.15) is 5.82 Å². The topological polar surface area (TPSA) is 90.7 Å². The quantitative estimate of drug-likeness (QED) is 0.459. The first kappa shape index (κ1) is 25.3. The minimum atomic E-state index is -4.01. The van der Waals surface area contributed by atoms with E-state index in [0.717, 1.165) is 4.90 Å². The van der Waals surface area contributed by atoms with Gasteiger partial charge in [-0.25, -0.2) is 9.48 Å². The maximum atomic E-state index is 12.6. The highest BCUT2D eigenvalue weighted by atomic mass is 35.5. The predicted octanol–water partition coefficient (Wildman–Crippen LogP) is 4.97. The molecular weight excluding hydrogens is 465 g/mol. The summed E-state index contributed by atoms with van der Waals surface area (Å²) in [7, 11) is -2.61. The number of rotatable bonds is 9. The Bertz CT molecular complexity index is 1020. The van der Waals surface area contributed by atoms with Gasteiger partial charge in [-0.15, -0.1) is 5.10 Å². The number of halogens is 2. The molecule has 1 aromatic heterocycles. The van der Waals surface area contributed by atoms with Crippen LogP contribution in [0.3, 0.4) is 0 Å². The number of amides is 1. The van der Waals surface area contributed by atoms with Crippen molar-refractivity contribution >= 4 is 45.2 Å². The molecule has 0 saturated carbocycles. The largest absolute Gasteiger partial charge is 0.474 e. The van der Waals surface area contributed by atoms with Gasteiger partial charge in [0, 0.05) is 23.2 Å². The van der Waals surface area contributed by atoms with Crippen LogP contribution in [0.1, 0.15) is 39.7 Å². The molecule has 0 unspecified atom stereocenters. The normalized spacial score (nSPS) is 11.8. The van der Waals surface area contributed by atoms with E-state index in [0.29, 0.717) is 22.0 Å². The number of hydrogen-bond donors (Lipinski definition) is 0. The molecular formula is C20H27Cl2N3O5S. The average Bonchev–Trinajstić information content (AvgIpc) is 3.03. The Morgan fingerprint density at radius 3 is 2.45 bits per heavy atom. The number of carbonyl (C=O) groups is 1. The molecule has 0 spiro atoms. The molecule has 0 aliphatic carbocycles. The number of nitrogens with zero attached hydrogens (tertiary/aromatic N) is 3. The first-order valence-corrected chi connectivity index (χ1v) is 12.1. The molecule has 172 valence electrons. The second-order valence-corrected chi connectivity index (χ2v) is 10.3. The third-order valence-electron chi connectivity index (χ3n) is 4.19. The van der Waals surface area contributed by atoms with E-state index in [1.54, 1.807) is 18.2 Å². The summed E-state index contributed by atoms with van der Waals surface area (Å²) in [6.07, 6.45) is -0.800. The average molecular weight is 492 g/mol. The molecule has 11 heteroatoms. The molecule has 0 radical (unpaired) electrons. The molecule has 0 aliphatic heterocycles. The Morgan fingerprint density at radius 1 is 1.19 bits per heavy atom. The molecule has 1 aromatic carbocycles. The summed E-state index contributed by atoms with van der Waals surface area (Å²) >= 11 is 12.2. The van der Waals surface area contributed by atoms with Gasteiger partial charge in [0.05, 0.1) is 18.4 Å². The molecule has 0 atom stereocenters. The van der Waals surface area contributed by atoms with Crippen LogP contribution in [0.25, 0.3) is 0 Å². The molecule has 0 N–H and O–H groups in total. The van der Waals surface area contributed by atoms with Crippen molar-refractivity contribution in [3.63, 3.8) is 0 Å². The number of benzene rings is 1. The maximum Gasteiger partial charge on any atom is 0.430 e. The van der Waals surface area contributed by atoms with Crippen molar-refractivity contribution in [3.05, 3.63) is 39.9 Å². The number of ether oxygens (including phenoxy) is 1. The van der Waals surface area contributed by atoms with E-state index in [4.69, 9.17) is 32.1 Å². The lowest BCUT2D eigenvalue weighted by atomic mass is 10.2. The third-order valence-corrected chi connectivity index (χ3v) is 5.91. The van der Waals surface area contributed by atoms with Gasteiger partial charge in [0.25, 0.3) is 0 Å². The Kier molecular flexibility index (Phi) is 8.62. The van der Waals surface area contributed by atoms with Crippen molar-refractivity contribution in [1.82, 2.24) is 9.78 Å². The highest BCUT2D eigenvalue weighted by Gasteiger charge is 2.25. The van der Waals surface area contributed by atoms with Gasteiger partial charge in [-0.2, -0.15) is 8.42 Å². The summed E-state index contributed by atoms with van der Waals surface area (Å²) in [5, 5.41) is 5.30. The van der Waals surface area contributed by atoms with Crippen LogP contribution in [0.4, 0.5) is 10.6 Å². The van der Waals surface area contributed by atoms with E-state index in [-0.39, 0.29) is 36.0 Å². The monoisotopic (exact) mass is 491 g/mol. The van der Waals surface area contributed by atoms with Crippen LogP contribution in [0.5, 0.6) is 5.88 Å². The molecule has 31 heavy (non-hydrogen) atoms. The van der Waals surface area contributed by atoms with Crippen LogP contribution in [-0.4, -0.2) is 43.2 Å². The van der Waals surface area contributed by atoms with Gasteiger partial charge in [-0.3, -0.25) is 4.90 Å². The molecule has 0 bridgehead atoms. The van der Waals surface area contributed by atoms with Crippen LogP contribution in [0.2, 0.25) is 10.0 Å². The summed E-state index contributed by atoms with van der Waals surface area (Å²) in [6.45, 7) is 7.66. The van der Waals surface area contributed by atoms with Crippen LogP contribution < -0.4 is 9.64 Å². The molecule has 0 aliphatic rings. The van der Waals surface area contributed by atoms with E-state index < -0.39 is 16.2 Å². The third kappa shape index (κ3) is 7.59. The number of carbonyl (C=O) groups excluding carboxylic acids is 1. The zero-order chi connectivity index (χ0) is 23.3. The van der Waals surface area contributed by atoms with Crippen molar-refractivity contribution in [2.75, 3.05) is 17.7 Å². The van der Waals surface area contributed by atoms with Crippen molar-refractivity contribution in [3.8, 4) is 5.88 Å². The van der Waals surface area contributed by atoms with Crippen molar-refractivity contribution in [1.29, 1.82) is 0 Å². The Hall–Kier alpha value is -1.97. The zero-order valence-corrected chi connectivity index (χ0v) is 20.5. The molecule has 0 saturated heterocycles. The van der Waals surface area contributed by atoms with E-state index in [9.17, 15) is 13.2 Å². The number of aromatic nitrogens is 2. The summed E-state index contributed by atoms with van der Waals surface area (Å²) in [5.74, 6) is 0.474. The molecule has 8 nitrogen and oxygen atoms in total. The summed E-state index contributed by atoms with van der Waals surface area (Å²) in [4.78, 5) is 13.6. The fourth-order valence-electron chi connectivity index (χ4n) is 2.56. The minimum absolute atomic E-state index is 0.149. The summed E-state index contributed by atoms with van der Waals surface area (Å²) in [5.41, 5.74) is 0.706. The van der Waals surface area contributed by atoms with Crippen molar-refractivity contribution < 1.29 is 22.1 Å². The SMILES string of the molecule is CC(C)CCS(=O)(=O)OC(=O)N(C)c1cc(OC(C)C)nn1Cc1ccc(Cl)cc1Cl. The molecule has 1 amide bonds. The molecule has 0 fully saturated rings. The van der Waals surface area contributed by atoms with Gasteiger partial charge in [0.2, 0.25) is 5.88 Å².